The molecule has 192 valence electrons. The number of nitrogens with zero attached hydrogens (tertiary/aromatic N) is 1. The number of aliphatic hydroxyl groups excluding tert-OH is 1. The molecule has 0 bridgehead atoms. The summed E-state index contributed by atoms with van der Waals surface area (Å²) in [5, 5.41) is 23.6. The summed E-state index contributed by atoms with van der Waals surface area (Å²) in [5.74, 6) is -0.687. The summed E-state index contributed by atoms with van der Waals surface area (Å²) in [6.45, 7) is 9.26. The molecule has 2 aromatic rings. The van der Waals surface area contributed by atoms with E-state index in [1.54, 1.807) is 74.4 Å². The zero-order valence-corrected chi connectivity index (χ0v) is 21.2. The number of nitrogens with one attached hydrogen (secondary N) is 1. The van der Waals surface area contributed by atoms with Crippen LogP contribution in [0.5, 0.6) is 5.75 Å². The molecule has 8 heteroatoms. The summed E-state index contributed by atoms with van der Waals surface area (Å²) in [6, 6.07) is 12.1. The Balaban J connectivity index is 1.76. The van der Waals surface area contributed by atoms with Gasteiger partial charge in [-0.05, 0) is 62.7 Å². The number of amides is 2. The summed E-state index contributed by atoms with van der Waals surface area (Å²) in [4.78, 5) is 28.5. The fourth-order valence-electron chi connectivity index (χ4n) is 5.81. The van der Waals surface area contributed by atoms with Gasteiger partial charge in [0.25, 0.3) is 11.8 Å². The SMILES string of the molecule is C=CCN1C(=O)[C@]2(O[C@H](CCO)[C@@H](C(C)(C)O)[C@@H]2C)c2cc(NC(=O)c3ccc(OC)cc3)ccc21. The number of ether oxygens (including phenoxy) is 2. The minimum atomic E-state index is -1.36. The number of hydrogen-bond acceptors (Lipinski definition) is 6. The van der Waals surface area contributed by atoms with E-state index in [1.807, 2.05) is 6.92 Å². The fourth-order valence-corrected chi connectivity index (χ4v) is 5.81. The molecule has 0 unspecified atom stereocenters. The molecule has 2 amide bonds. The van der Waals surface area contributed by atoms with Crippen LogP contribution in [0.2, 0.25) is 0 Å². The predicted molar refractivity (Wildman–Crippen MR) is 137 cm³/mol. The van der Waals surface area contributed by atoms with Crippen molar-refractivity contribution < 1.29 is 29.3 Å². The minimum Gasteiger partial charge on any atom is -0.497 e. The maximum absolute atomic E-state index is 13.9. The standard InChI is InChI=1S/C28H34N2O6/c1-6-14-30-22-12-9-19(29-25(32)18-7-10-20(35-5)11-8-18)16-21(22)28(26(30)33)17(2)24(27(3,4)34)23(36-28)13-15-31/h6-12,16-17,23-24,31,34H,1,13-15H2,2-5H3,(H,29,32)/t17-,23+,24-,28+/m0/s1. The van der Waals surface area contributed by atoms with Crippen LogP contribution >= 0.6 is 0 Å². The molecule has 0 radical (unpaired) electrons. The summed E-state index contributed by atoms with van der Waals surface area (Å²) in [7, 11) is 1.56. The number of carbonyl (C=O) groups is 2. The number of benzene rings is 2. The first-order valence-corrected chi connectivity index (χ1v) is 12.1. The van der Waals surface area contributed by atoms with Crippen LogP contribution in [0.1, 0.15) is 43.1 Å². The van der Waals surface area contributed by atoms with Crippen molar-refractivity contribution in [3.63, 3.8) is 0 Å². The molecule has 0 aromatic heterocycles. The van der Waals surface area contributed by atoms with Gasteiger partial charge in [-0.25, -0.2) is 0 Å². The first-order chi connectivity index (χ1) is 17.1. The molecule has 2 heterocycles. The van der Waals surface area contributed by atoms with Gasteiger partial charge in [0.15, 0.2) is 5.60 Å². The molecule has 2 aliphatic heterocycles. The van der Waals surface area contributed by atoms with Crippen molar-refractivity contribution in [2.45, 2.75) is 44.5 Å². The third-order valence-electron chi connectivity index (χ3n) is 7.32. The van der Waals surface area contributed by atoms with E-state index in [1.165, 1.54) is 0 Å². The molecule has 3 N–H and O–H groups in total. The first kappa shape index (κ1) is 25.9. The van der Waals surface area contributed by atoms with E-state index in [2.05, 4.69) is 11.9 Å². The smallest absolute Gasteiger partial charge is 0.264 e. The normalized spacial score (nSPS) is 25.2. The number of anilines is 2. The van der Waals surface area contributed by atoms with Crippen molar-refractivity contribution in [3.8, 4) is 5.75 Å². The Bertz CT molecular complexity index is 1160. The highest BCUT2D eigenvalue weighted by Crippen LogP contribution is 2.58. The number of rotatable bonds is 8. The van der Waals surface area contributed by atoms with Gasteiger partial charge >= 0.3 is 0 Å². The number of carbonyl (C=O) groups excluding carboxylic acids is 2. The summed E-state index contributed by atoms with van der Waals surface area (Å²) in [6.07, 6.45) is 1.42. The van der Waals surface area contributed by atoms with Crippen molar-refractivity contribution >= 4 is 23.2 Å². The average Bonchev–Trinajstić information content (AvgIpc) is 3.26. The Hall–Kier alpha value is -3.20. The molecule has 1 fully saturated rings. The maximum atomic E-state index is 13.9. The number of hydrogen-bond donors (Lipinski definition) is 3. The maximum Gasteiger partial charge on any atom is 0.264 e. The van der Waals surface area contributed by atoms with E-state index in [0.29, 0.717) is 41.2 Å². The van der Waals surface area contributed by atoms with Crippen molar-refractivity contribution in [1.82, 2.24) is 0 Å². The fraction of sp³-hybridized carbons (Fsp3) is 0.429. The highest BCUT2D eigenvalue weighted by molar-refractivity contribution is 6.09. The third kappa shape index (κ3) is 4.19. The molecule has 2 aromatic carbocycles. The lowest BCUT2D eigenvalue weighted by Gasteiger charge is -2.34. The third-order valence-corrected chi connectivity index (χ3v) is 7.32. The van der Waals surface area contributed by atoms with Gasteiger partial charge in [0.2, 0.25) is 0 Å². The Morgan fingerprint density at radius 3 is 2.56 bits per heavy atom. The van der Waals surface area contributed by atoms with Gasteiger partial charge in [-0.15, -0.1) is 6.58 Å². The van der Waals surface area contributed by atoms with Gasteiger partial charge in [0.05, 0.1) is 24.5 Å². The predicted octanol–water partition coefficient (Wildman–Crippen LogP) is 3.48. The van der Waals surface area contributed by atoms with Crippen LogP contribution in [0.15, 0.2) is 55.1 Å². The van der Waals surface area contributed by atoms with Crippen LogP contribution < -0.4 is 15.0 Å². The molecular formula is C28H34N2O6. The van der Waals surface area contributed by atoms with Crippen LogP contribution in [0.25, 0.3) is 0 Å². The molecule has 2 aliphatic rings. The molecule has 8 nitrogen and oxygen atoms in total. The van der Waals surface area contributed by atoms with E-state index in [9.17, 15) is 19.8 Å². The summed E-state index contributed by atoms with van der Waals surface area (Å²) < 4.78 is 11.7. The molecule has 36 heavy (non-hydrogen) atoms. The molecule has 0 saturated carbocycles. The van der Waals surface area contributed by atoms with Gasteiger partial charge < -0.3 is 29.9 Å². The lowest BCUT2D eigenvalue weighted by atomic mass is 9.71. The van der Waals surface area contributed by atoms with Crippen LogP contribution in [-0.2, 0) is 15.1 Å². The van der Waals surface area contributed by atoms with Crippen LogP contribution in [0, 0.1) is 11.8 Å². The Morgan fingerprint density at radius 1 is 1.28 bits per heavy atom. The quantitative estimate of drug-likeness (QED) is 0.485. The zero-order valence-electron chi connectivity index (χ0n) is 21.2. The lowest BCUT2D eigenvalue weighted by molar-refractivity contribution is -0.146. The second kappa shape index (κ2) is 9.69. The first-order valence-electron chi connectivity index (χ1n) is 12.1. The van der Waals surface area contributed by atoms with E-state index in [4.69, 9.17) is 9.47 Å². The van der Waals surface area contributed by atoms with Gasteiger partial charge in [-0.1, -0.05) is 13.0 Å². The van der Waals surface area contributed by atoms with Crippen molar-refractivity contribution in [1.29, 1.82) is 0 Å². The average molecular weight is 495 g/mol. The van der Waals surface area contributed by atoms with Gasteiger partial charge in [-0.2, -0.15) is 0 Å². The largest absolute Gasteiger partial charge is 0.497 e. The summed E-state index contributed by atoms with van der Waals surface area (Å²) >= 11 is 0. The topological polar surface area (TPSA) is 108 Å². The van der Waals surface area contributed by atoms with Crippen LogP contribution in [0.4, 0.5) is 11.4 Å². The van der Waals surface area contributed by atoms with Crippen LogP contribution in [0.3, 0.4) is 0 Å². The highest BCUT2D eigenvalue weighted by atomic mass is 16.5. The Kier molecular flexibility index (Phi) is 6.96. The molecule has 1 saturated heterocycles. The van der Waals surface area contributed by atoms with E-state index < -0.39 is 29.1 Å². The monoisotopic (exact) mass is 494 g/mol. The molecule has 4 atom stereocenters. The van der Waals surface area contributed by atoms with Gasteiger partial charge in [0.1, 0.15) is 5.75 Å². The summed E-state index contributed by atoms with van der Waals surface area (Å²) in [5.41, 5.74) is -0.217. The van der Waals surface area contributed by atoms with Gasteiger partial charge in [-0.3, -0.25) is 9.59 Å². The highest BCUT2D eigenvalue weighted by Gasteiger charge is 2.65. The van der Waals surface area contributed by atoms with E-state index in [-0.39, 0.29) is 18.4 Å². The van der Waals surface area contributed by atoms with E-state index in [0.717, 1.165) is 0 Å². The second-order valence-corrected chi connectivity index (χ2v) is 9.99. The van der Waals surface area contributed by atoms with Crippen LogP contribution in [-0.4, -0.2) is 54.0 Å². The molecule has 0 aliphatic carbocycles. The Morgan fingerprint density at radius 2 is 1.97 bits per heavy atom. The van der Waals surface area contributed by atoms with Crippen molar-refractivity contribution in [2.75, 3.05) is 30.5 Å². The Labute approximate surface area is 211 Å². The van der Waals surface area contributed by atoms with Gasteiger partial charge in [0, 0.05) is 41.8 Å². The zero-order chi connectivity index (χ0) is 26.3. The molecule has 4 rings (SSSR count). The van der Waals surface area contributed by atoms with Crippen molar-refractivity contribution in [2.24, 2.45) is 11.8 Å². The van der Waals surface area contributed by atoms with Crippen molar-refractivity contribution in [3.05, 3.63) is 66.2 Å². The number of aliphatic hydroxyl groups is 2. The van der Waals surface area contributed by atoms with E-state index >= 15 is 0 Å². The molecular weight excluding hydrogens is 460 g/mol. The lowest BCUT2D eigenvalue weighted by Crippen LogP contribution is -2.46. The number of fused-ring (bicyclic) bond motifs is 2. The second-order valence-electron chi connectivity index (χ2n) is 9.99. The molecule has 1 spiro atoms. The number of methoxy groups -OCH3 is 1. The minimum absolute atomic E-state index is 0.130.